The van der Waals surface area contributed by atoms with Crippen molar-refractivity contribution in [3.63, 3.8) is 0 Å². The fraction of sp³-hybridized carbons (Fsp3) is 0.933. The summed E-state index contributed by atoms with van der Waals surface area (Å²) < 4.78 is 32.0. The normalized spacial score (nSPS) is 25.0. The number of hydrogen-bond acceptors (Lipinski definition) is 5. The van der Waals surface area contributed by atoms with Gasteiger partial charge in [-0.05, 0) is 32.1 Å². The summed E-state index contributed by atoms with van der Waals surface area (Å²) in [5, 5.41) is 2.67. The van der Waals surface area contributed by atoms with E-state index in [1.807, 2.05) is 0 Å². The van der Waals surface area contributed by atoms with Crippen LogP contribution in [0.5, 0.6) is 0 Å². The molecule has 1 atom stereocenters. The van der Waals surface area contributed by atoms with Crippen LogP contribution >= 0.6 is 0 Å². The maximum absolute atomic E-state index is 12.1. The van der Waals surface area contributed by atoms with Crippen molar-refractivity contribution in [1.29, 1.82) is 0 Å². The van der Waals surface area contributed by atoms with Crippen LogP contribution in [0.15, 0.2) is 0 Å². The molecular formula is C15H29N3O4S. The van der Waals surface area contributed by atoms with Crippen LogP contribution < -0.4 is 15.8 Å². The van der Waals surface area contributed by atoms with E-state index < -0.39 is 15.6 Å². The number of carbonyl (C=O) groups excluding carboxylic acids is 1. The fourth-order valence-corrected chi connectivity index (χ4v) is 4.10. The van der Waals surface area contributed by atoms with E-state index in [9.17, 15) is 13.2 Å². The Morgan fingerprint density at radius 3 is 2.57 bits per heavy atom. The lowest BCUT2D eigenvalue weighted by Gasteiger charge is -2.31. The average Bonchev–Trinajstić information content (AvgIpc) is 2.54. The molecule has 23 heavy (non-hydrogen) atoms. The molecule has 1 amide bonds. The highest BCUT2D eigenvalue weighted by molar-refractivity contribution is 7.89. The number of sulfonamides is 1. The molecule has 1 heterocycles. The van der Waals surface area contributed by atoms with Crippen molar-refractivity contribution in [2.75, 3.05) is 25.4 Å². The Hall–Kier alpha value is -0.700. The van der Waals surface area contributed by atoms with E-state index in [0.717, 1.165) is 38.5 Å². The van der Waals surface area contributed by atoms with Crippen LogP contribution in [0.4, 0.5) is 0 Å². The van der Waals surface area contributed by atoms with Crippen molar-refractivity contribution in [1.82, 2.24) is 10.0 Å². The Kier molecular flexibility index (Phi) is 6.82. The van der Waals surface area contributed by atoms with E-state index in [0.29, 0.717) is 26.0 Å². The molecule has 0 aromatic carbocycles. The molecule has 0 aromatic heterocycles. The van der Waals surface area contributed by atoms with Gasteiger partial charge in [0.1, 0.15) is 0 Å². The number of carbonyl (C=O) groups is 1. The number of ether oxygens (including phenoxy) is 1. The largest absolute Gasteiger partial charge is 0.377 e. The van der Waals surface area contributed by atoms with Gasteiger partial charge in [-0.2, -0.15) is 0 Å². The van der Waals surface area contributed by atoms with Crippen LogP contribution in [0.3, 0.4) is 0 Å². The van der Waals surface area contributed by atoms with Gasteiger partial charge in [-0.1, -0.05) is 19.3 Å². The minimum absolute atomic E-state index is 0.0392. The highest BCUT2D eigenvalue weighted by Crippen LogP contribution is 2.25. The maximum Gasteiger partial charge on any atom is 0.240 e. The summed E-state index contributed by atoms with van der Waals surface area (Å²) in [6.45, 7) is 1.08. The first-order valence-electron chi connectivity index (χ1n) is 8.57. The molecule has 8 heteroatoms. The van der Waals surface area contributed by atoms with Crippen LogP contribution in [-0.2, 0) is 19.6 Å². The minimum Gasteiger partial charge on any atom is -0.377 e. The number of hydrogen-bond donors (Lipinski definition) is 3. The molecule has 1 aliphatic carbocycles. The minimum atomic E-state index is -3.41. The van der Waals surface area contributed by atoms with Crippen LogP contribution in [0, 0.1) is 0 Å². The Balaban J connectivity index is 1.68. The van der Waals surface area contributed by atoms with Gasteiger partial charge in [0.05, 0.1) is 17.4 Å². The number of nitrogens with one attached hydrogen (secondary N) is 2. The molecule has 2 rings (SSSR count). The van der Waals surface area contributed by atoms with Crippen molar-refractivity contribution in [3.8, 4) is 0 Å². The summed E-state index contributed by atoms with van der Waals surface area (Å²) >= 11 is 0. The van der Waals surface area contributed by atoms with Crippen LogP contribution in [-0.4, -0.2) is 51.4 Å². The first kappa shape index (κ1) is 18.6. The molecular weight excluding hydrogens is 318 g/mol. The monoisotopic (exact) mass is 347 g/mol. The Morgan fingerprint density at radius 2 is 1.91 bits per heavy atom. The first-order valence-corrected chi connectivity index (χ1v) is 10.2. The summed E-state index contributed by atoms with van der Waals surface area (Å²) in [5.41, 5.74) is 5.29. The van der Waals surface area contributed by atoms with Gasteiger partial charge < -0.3 is 15.8 Å². The first-order chi connectivity index (χ1) is 10.9. The standard InChI is InChI=1S/C15H29N3O4S/c16-15(7-3-1-4-8-15)14(19)17-9-11-23(20,21)18-12-13-6-2-5-10-22-13/h13,18H,1-12,16H2,(H,17,19). The second-order valence-electron chi connectivity index (χ2n) is 6.63. The van der Waals surface area contributed by atoms with Gasteiger partial charge in [0.15, 0.2) is 0 Å². The topological polar surface area (TPSA) is 111 Å². The van der Waals surface area contributed by atoms with Crippen LogP contribution in [0.25, 0.3) is 0 Å². The van der Waals surface area contributed by atoms with E-state index in [1.165, 1.54) is 0 Å². The summed E-state index contributed by atoms with van der Waals surface area (Å²) in [6.07, 6.45) is 7.30. The van der Waals surface area contributed by atoms with Crippen molar-refractivity contribution >= 4 is 15.9 Å². The van der Waals surface area contributed by atoms with Crippen molar-refractivity contribution in [2.45, 2.75) is 63.0 Å². The molecule has 2 aliphatic rings. The Labute approximate surface area is 138 Å². The molecule has 0 bridgehead atoms. The molecule has 0 spiro atoms. The predicted molar refractivity (Wildman–Crippen MR) is 88.4 cm³/mol. The summed E-state index contributed by atoms with van der Waals surface area (Å²) in [6, 6.07) is 0. The zero-order valence-electron chi connectivity index (χ0n) is 13.7. The quantitative estimate of drug-likeness (QED) is 0.611. The highest BCUT2D eigenvalue weighted by atomic mass is 32.2. The lowest BCUT2D eigenvalue weighted by atomic mass is 9.82. The zero-order valence-corrected chi connectivity index (χ0v) is 14.5. The van der Waals surface area contributed by atoms with E-state index >= 15 is 0 Å². The average molecular weight is 347 g/mol. The molecule has 1 saturated carbocycles. The number of amides is 1. The van der Waals surface area contributed by atoms with E-state index in [2.05, 4.69) is 10.0 Å². The summed E-state index contributed by atoms with van der Waals surface area (Å²) in [4.78, 5) is 12.1. The maximum atomic E-state index is 12.1. The highest BCUT2D eigenvalue weighted by Gasteiger charge is 2.35. The molecule has 134 valence electrons. The SMILES string of the molecule is NC1(C(=O)NCCS(=O)(=O)NCC2CCCCO2)CCCCC1. The lowest BCUT2D eigenvalue weighted by Crippen LogP contribution is -2.55. The molecule has 1 unspecified atom stereocenters. The van der Waals surface area contributed by atoms with Gasteiger partial charge >= 0.3 is 0 Å². The summed E-state index contributed by atoms with van der Waals surface area (Å²) in [5.74, 6) is -0.371. The molecule has 4 N–H and O–H groups in total. The predicted octanol–water partition coefficient (Wildman–Crippen LogP) is 0.253. The third-order valence-corrected chi connectivity index (χ3v) is 6.01. The van der Waals surface area contributed by atoms with Crippen molar-refractivity contribution < 1.29 is 17.9 Å². The molecule has 0 radical (unpaired) electrons. The van der Waals surface area contributed by atoms with Gasteiger partial charge in [0, 0.05) is 19.7 Å². The van der Waals surface area contributed by atoms with Crippen LogP contribution in [0.1, 0.15) is 51.4 Å². The van der Waals surface area contributed by atoms with Crippen molar-refractivity contribution in [2.24, 2.45) is 5.73 Å². The molecule has 0 aromatic rings. The zero-order chi connectivity index (χ0) is 16.8. The van der Waals surface area contributed by atoms with Gasteiger partial charge in [0.25, 0.3) is 0 Å². The van der Waals surface area contributed by atoms with E-state index in [4.69, 9.17) is 10.5 Å². The summed E-state index contributed by atoms with van der Waals surface area (Å²) in [7, 11) is -3.41. The Bertz CT molecular complexity index is 483. The second-order valence-corrected chi connectivity index (χ2v) is 8.56. The van der Waals surface area contributed by atoms with Gasteiger partial charge in [-0.15, -0.1) is 0 Å². The molecule has 1 aliphatic heterocycles. The molecule has 2 fully saturated rings. The van der Waals surface area contributed by atoms with Crippen LogP contribution in [0.2, 0.25) is 0 Å². The third kappa shape index (κ3) is 6.02. The lowest BCUT2D eigenvalue weighted by molar-refractivity contribution is -0.127. The van der Waals surface area contributed by atoms with Gasteiger partial charge in [-0.25, -0.2) is 13.1 Å². The van der Waals surface area contributed by atoms with Gasteiger partial charge in [0.2, 0.25) is 15.9 Å². The molecule has 7 nitrogen and oxygen atoms in total. The number of nitrogens with two attached hydrogens (primary N) is 1. The van der Waals surface area contributed by atoms with E-state index in [-0.39, 0.29) is 24.3 Å². The van der Waals surface area contributed by atoms with Gasteiger partial charge in [-0.3, -0.25) is 4.79 Å². The fourth-order valence-electron chi connectivity index (χ4n) is 3.15. The second kappa shape index (κ2) is 8.41. The number of rotatable bonds is 7. The smallest absolute Gasteiger partial charge is 0.240 e. The third-order valence-electron chi connectivity index (χ3n) is 4.66. The Morgan fingerprint density at radius 1 is 1.17 bits per heavy atom. The molecule has 1 saturated heterocycles. The van der Waals surface area contributed by atoms with Crippen molar-refractivity contribution in [3.05, 3.63) is 0 Å². The van der Waals surface area contributed by atoms with E-state index in [1.54, 1.807) is 0 Å².